The van der Waals surface area contributed by atoms with Crippen LogP contribution in [0.1, 0.15) is 144 Å². The molecular weight excluding hydrogens is 711 g/mol. The normalized spacial score (nSPS) is 31.1. The molecule has 5 atom stereocenters. The molecule has 1 heterocycles. The molecule has 12 nitrogen and oxygen atoms in total. The molecular formula is C44H69N5O7. The van der Waals surface area contributed by atoms with Crippen molar-refractivity contribution < 1.29 is 33.5 Å². The number of hydrogen-bond acceptors (Lipinski definition) is 7. The number of rotatable bonds is 18. The number of allylic oxidation sites excluding steroid dienone is 1. The predicted molar refractivity (Wildman–Crippen MR) is 213 cm³/mol. The lowest BCUT2D eigenvalue weighted by Crippen LogP contribution is -2.64. The molecule has 0 aromatic carbocycles. The monoisotopic (exact) mass is 780 g/mol. The molecule has 4 bridgehead atoms. The van der Waals surface area contributed by atoms with E-state index in [2.05, 4.69) is 41.7 Å². The van der Waals surface area contributed by atoms with E-state index in [1.165, 1.54) is 19.3 Å². The minimum absolute atomic E-state index is 0.0303. The molecule has 0 radical (unpaired) electrons. The summed E-state index contributed by atoms with van der Waals surface area (Å²) < 4.78 is 5.73. The zero-order chi connectivity index (χ0) is 40.4. The Balaban J connectivity index is 1.12. The quantitative estimate of drug-likeness (QED) is 0.0786. The van der Waals surface area contributed by atoms with Crippen molar-refractivity contribution in [2.24, 2.45) is 40.9 Å². The Labute approximate surface area is 334 Å². The molecule has 12 heteroatoms. The highest BCUT2D eigenvalue weighted by atomic mass is 16.6. The van der Waals surface area contributed by atoms with Crippen LogP contribution >= 0.6 is 0 Å². The van der Waals surface area contributed by atoms with Crippen molar-refractivity contribution in [1.82, 2.24) is 26.2 Å². The maximum atomic E-state index is 14.8. The minimum atomic E-state index is -1.14. The average Bonchev–Trinajstić information content (AvgIpc) is 3.46. The molecule has 1 saturated heterocycles. The zero-order valence-corrected chi connectivity index (χ0v) is 34.7. The second-order valence-electron chi connectivity index (χ2n) is 19.1. The van der Waals surface area contributed by atoms with E-state index < -0.39 is 47.3 Å². The number of amides is 5. The van der Waals surface area contributed by atoms with Crippen molar-refractivity contribution >= 4 is 35.5 Å². The average molecular weight is 780 g/mol. The van der Waals surface area contributed by atoms with E-state index in [1.54, 1.807) is 11.0 Å². The highest BCUT2D eigenvalue weighted by molar-refractivity contribution is 6.38. The van der Waals surface area contributed by atoms with Gasteiger partial charge in [-0.2, -0.15) is 0 Å². The van der Waals surface area contributed by atoms with E-state index in [9.17, 15) is 28.8 Å². The Morgan fingerprint density at radius 3 is 2.07 bits per heavy atom. The number of ketones is 1. The fourth-order valence-corrected chi connectivity index (χ4v) is 12.1. The first-order valence-corrected chi connectivity index (χ1v) is 22.0. The van der Waals surface area contributed by atoms with Crippen molar-refractivity contribution in [2.75, 3.05) is 13.1 Å². The molecule has 312 valence electrons. The minimum Gasteiger partial charge on any atom is -0.459 e. The standard InChI is InChI=1S/C44H69N5O7/c1-7-11-17-32(37(51)39(53)45-19-18-33(50)56-44(8-2,9-3)10-4)46-38(52)36-34-31(42(34,5)6)26-49(36)40(54)35(30-15-13-12-14-16-30)47-41(55)48-43-23-27-20-28(24-43)22-29(21-27)25-43/h7,27-32,34-36H,1,8-26H2,2-6H3,(H,45,53)(H,46,52)(H2,47,48,55)/t27?,28?,29?,31?,32-,34+,35+,36+,43?/m1/s1. The largest absolute Gasteiger partial charge is 0.459 e. The Morgan fingerprint density at radius 1 is 0.893 bits per heavy atom. The molecule has 1 unspecified atom stereocenters. The van der Waals surface area contributed by atoms with Crippen LogP contribution < -0.4 is 21.3 Å². The van der Waals surface area contributed by atoms with Crippen LogP contribution in [-0.2, 0) is 28.7 Å². The third-order valence-corrected chi connectivity index (χ3v) is 15.2. The van der Waals surface area contributed by atoms with E-state index in [4.69, 9.17) is 4.74 Å². The van der Waals surface area contributed by atoms with Crippen LogP contribution in [0.15, 0.2) is 12.7 Å². The number of nitrogens with one attached hydrogen (secondary N) is 4. The first-order chi connectivity index (χ1) is 26.7. The van der Waals surface area contributed by atoms with Gasteiger partial charge in [-0.25, -0.2) is 4.79 Å². The summed E-state index contributed by atoms with van der Waals surface area (Å²) in [6, 6.07) is -3.02. The van der Waals surface area contributed by atoms with Gasteiger partial charge in [-0.15, -0.1) is 6.58 Å². The number of ether oxygens (including phenoxy) is 1. The second kappa shape index (κ2) is 17.2. The summed E-state index contributed by atoms with van der Waals surface area (Å²) in [6.07, 6.45) is 15.7. The van der Waals surface area contributed by atoms with Crippen LogP contribution in [0.3, 0.4) is 0 Å². The van der Waals surface area contributed by atoms with Gasteiger partial charge >= 0.3 is 12.0 Å². The van der Waals surface area contributed by atoms with Gasteiger partial charge in [0.05, 0.1) is 12.5 Å². The smallest absolute Gasteiger partial charge is 0.315 e. The van der Waals surface area contributed by atoms with Gasteiger partial charge in [-0.1, -0.05) is 60.0 Å². The maximum Gasteiger partial charge on any atom is 0.315 e. The molecule has 56 heavy (non-hydrogen) atoms. The third kappa shape index (κ3) is 8.83. The molecule has 7 aliphatic rings. The number of urea groups is 1. The number of carbonyl (C=O) groups is 6. The summed E-state index contributed by atoms with van der Waals surface area (Å²) in [5.41, 5.74) is -0.928. The van der Waals surface area contributed by atoms with E-state index in [0.717, 1.165) is 51.4 Å². The maximum absolute atomic E-state index is 14.8. The number of Topliss-reactive ketones (excluding diaryl/α,β-unsaturated/α-hetero) is 1. The van der Waals surface area contributed by atoms with E-state index in [0.29, 0.717) is 50.0 Å². The molecule has 4 N–H and O–H groups in total. The molecule has 7 rings (SSSR count). The Bertz CT molecular complexity index is 1470. The van der Waals surface area contributed by atoms with E-state index in [-0.39, 0.29) is 60.0 Å². The molecule has 5 amide bonds. The van der Waals surface area contributed by atoms with Crippen molar-refractivity contribution in [1.29, 1.82) is 0 Å². The topological polar surface area (TPSA) is 163 Å². The van der Waals surface area contributed by atoms with Crippen LogP contribution in [0, 0.1) is 40.9 Å². The summed E-state index contributed by atoms with van der Waals surface area (Å²) in [5.74, 6) is -0.898. The van der Waals surface area contributed by atoms with Gasteiger partial charge in [0.2, 0.25) is 17.6 Å². The van der Waals surface area contributed by atoms with Crippen LogP contribution in [0.2, 0.25) is 0 Å². The fourth-order valence-electron chi connectivity index (χ4n) is 12.1. The predicted octanol–water partition coefficient (Wildman–Crippen LogP) is 5.72. The van der Waals surface area contributed by atoms with Gasteiger partial charge < -0.3 is 30.9 Å². The van der Waals surface area contributed by atoms with Gasteiger partial charge in [-0.3, -0.25) is 24.0 Å². The summed E-state index contributed by atoms with van der Waals surface area (Å²) in [5, 5.41) is 12.0. The molecule has 0 aromatic rings. The van der Waals surface area contributed by atoms with Gasteiger partial charge in [0.1, 0.15) is 17.7 Å². The highest BCUT2D eigenvalue weighted by Crippen LogP contribution is 2.65. The third-order valence-electron chi connectivity index (χ3n) is 15.2. The Morgan fingerprint density at radius 2 is 1.50 bits per heavy atom. The van der Waals surface area contributed by atoms with Crippen molar-refractivity contribution in [3.8, 4) is 0 Å². The SMILES string of the molecule is C=CCC[C@@H](NC(=O)[C@@H]1[C@@H]2C(CN1C(=O)[C@@H](NC(=O)NC13CC4CC(CC(C4)C1)C3)C1CCCCC1)C2(C)C)C(=O)C(=O)NCCC(=O)OC(CC)(CC)CC. The van der Waals surface area contributed by atoms with Gasteiger partial charge in [0, 0.05) is 18.6 Å². The van der Waals surface area contributed by atoms with Crippen LogP contribution in [0.4, 0.5) is 4.79 Å². The molecule has 6 aliphatic carbocycles. The van der Waals surface area contributed by atoms with Crippen LogP contribution in [0.5, 0.6) is 0 Å². The molecule has 6 saturated carbocycles. The first-order valence-electron chi connectivity index (χ1n) is 22.0. The first kappa shape index (κ1) is 42.2. The molecule has 0 aromatic heterocycles. The molecule has 7 fully saturated rings. The summed E-state index contributed by atoms with van der Waals surface area (Å²) in [4.78, 5) is 84.0. The van der Waals surface area contributed by atoms with Gasteiger partial charge in [-0.05, 0) is 124 Å². The molecule has 0 spiro atoms. The summed E-state index contributed by atoms with van der Waals surface area (Å²) >= 11 is 0. The number of piperidine rings is 1. The lowest BCUT2D eigenvalue weighted by atomic mass is 9.53. The van der Waals surface area contributed by atoms with Crippen LogP contribution in [-0.4, -0.2) is 82.8 Å². The molecule has 1 aliphatic heterocycles. The second-order valence-corrected chi connectivity index (χ2v) is 19.1. The van der Waals surface area contributed by atoms with Gasteiger partial charge in [0.15, 0.2) is 0 Å². The number of fused-ring (bicyclic) bond motifs is 1. The van der Waals surface area contributed by atoms with Gasteiger partial charge in [0.25, 0.3) is 5.91 Å². The number of likely N-dealkylation sites (tertiary alicyclic amines) is 1. The highest BCUT2D eigenvalue weighted by Gasteiger charge is 2.70. The fraction of sp³-hybridized carbons (Fsp3) is 0.818. The lowest BCUT2D eigenvalue weighted by Gasteiger charge is -2.56. The number of carbonyl (C=O) groups excluding carboxylic acids is 6. The summed E-state index contributed by atoms with van der Waals surface area (Å²) in [6.45, 7) is 14.2. The number of esters is 1. The van der Waals surface area contributed by atoms with Crippen molar-refractivity contribution in [2.45, 2.75) is 173 Å². The van der Waals surface area contributed by atoms with E-state index in [1.807, 2.05) is 20.8 Å². The Kier molecular flexibility index (Phi) is 12.9. The number of hydrogen-bond donors (Lipinski definition) is 4. The number of nitrogens with zero attached hydrogens (tertiary/aromatic N) is 1. The van der Waals surface area contributed by atoms with Crippen molar-refractivity contribution in [3.63, 3.8) is 0 Å². The summed E-state index contributed by atoms with van der Waals surface area (Å²) in [7, 11) is 0. The zero-order valence-electron chi connectivity index (χ0n) is 34.7. The lowest BCUT2D eigenvalue weighted by molar-refractivity contribution is -0.161. The Hall–Kier alpha value is -3.44. The van der Waals surface area contributed by atoms with Crippen LogP contribution in [0.25, 0.3) is 0 Å². The van der Waals surface area contributed by atoms with E-state index >= 15 is 0 Å². The van der Waals surface area contributed by atoms with Crippen molar-refractivity contribution in [3.05, 3.63) is 12.7 Å².